The fourth-order valence-electron chi connectivity index (χ4n) is 8.45. The van der Waals surface area contributed by atoms with Crippen LogP contribution in [0.15, 0.2) is 170 Å². The highest BCUT2D eigenvalue weighted by Crippen LogP contribution is 2.53. The van der Waals surface area contributed by atoms with Crippen LogP contribution in [0.2, 0.25) is 0 Å². The molecule has 0 N–H and O–H groups in total. The van der Waals surface area contributed by atoms with Gasteiger partial charge in [0.25, 0.3) is 0 Å². The number of aromatic nitrogens is 2. The summed E-state index contributed by atoms with van der Waals surface area (Å²) in [5, 5.41) is 7.25. The minimum atomic E-state index is -0.0843. The molecule has 0 radical (unpaired) electrons. The minimum absolute atomic E-state index is 0.0843. The van der Waals surface area contributed by atoms with Crippen LogP contribution in [0.3, 0.4) is 0 Å². The van der Waals surface area contributed by atoms with Crippen molar-refractivity contribution in [1.29, 1.82) is 0 Å². The smallest absolute Gasteiger partial charge is 0.160 e. The lowest BCUT2D eigenvalue weighted by Crippen LogP contribution is -2.14. The average Bonchev–Trinajstić information content (AvgIpc) is 3.43. The molecule has 2 nitrogen and oxygen atoms in total. The number of rotatable bonds is 4. The quantitative estimate of drug-likeness (QED) is 0.140. The molecule has 0 aliphatic heterocycles. The van der Waals surface area contributed by atoms with Crippen molar-refractivity contribution in [2.75, 3.05) is 0 Å². The van der Waals surface area contributed by atoms with Crippen molar-refractivity contribution < 1.29 is 0 Å². The summed E-state index contributed by atoms with van der Waals surface area (Å²) in [6, 6.07) is 61.2. The predicted molar refractivity (Wildman–Crippen MR) is 214 cm³/mol. The van der Waals surface area contributed by atoms with Crippen LogP contribution in [0, 0.1) is 0 Å². The van der Waals surface area contributed by atoms with Crippen molar-refractivity contribution in [2.24, 2.45) is 0 Å². The van der Waals surface area contributed by atoms with E-state index in [-0.39, 0.29) is 5.41 Å². The van der Waals surface area contributed by atoms with Gasteiger partial charge in [0.15, 0.2) is 5.82 Å². The standard InChI is InChI=1S/C49H34N2/c1-49(2)42-25-13-12-23-40(42)46-38(24-14-26-43(46)49)36-21-10-11-22-37(36)44-30-45(51-48(50-44)32-16-4-3-5-17-32)47-35-20-9-7-18-33(35)29-41-34-19-8-6-15-31(34)27-28-39(41)47/h3-30H,1-2H3. The molecule has 0 amide bonds. The van der Waals surface area contributed by atoms with Crippen LogP contribution in [0.1, 0.15) is 25.0 Å². The first-order chi connectivity index (χ1) is 25.1. The van der Waals surface area contributed by atoms with Gasteiger partial charge in [0.2, 0.25) is 0 Å². The van der Waals surface area contributed by atoms with Crippen LogP contribution in [0.4, 0.5) is 0 Å². The molecule has 1 heterocycles. The van der Waals surface area contributed by atoms with Crippen molar-refractivity contribution >= 4 is 32.3 Å². The monoisotopic (exact) mass is 650 g/mol. The van der Waals surface area contributed by atoms with Crippen LogP contribution in [0.5, 0.6) is 0 Å². The molecule has 51 heavy (non-hydrogen) atoms. The fraction of sp³-hybridized carbons (Fsp3) is 0.0612. The molecular weight excluding hydrogens is 617 g/mol. The van der Waals surface area contributed by atoms with Crippen LogP contribution in [-0.2, 0) is 5.41 Å². The Morgan fingerprint density at radius 3 is 1.84 bits per heavy atom. The van der Waals surface area contributed by atoms with E-state index < -0.39 is 0 Å². The summed E-state index contributed by atoms with van der Waals surface area (Å²) in [7, 11) is 0. The highest BCUT2D eigenvalue weighted by atomic mass is 14.9. The third kappa shape index (κ3) is 4.57. The van der Waals surface area contributed by atoms with Gasteiger partial charge in [0.1, 0.15) is 0 Å². The molecule has 0 saturated heterocycles. The van der Waals surface area contributed by atoms with Gasteiger partial charge < -0.3 is 0 Å². The van der Waals surface area contributed by atoms with Crippen molar-refractivity contribution in [3.8, 4) is 56.2 Å². The maximum absolute atomic E-state index is 5.38. The second-order valence-electron chi connectivity index (χ2n) is 14.1. The van der Waals surface area contributed by atoms with E-state index in [1.54, 1.807) is 0 Å². The van der Waals surface area contributed by atoms with Crippen molar-refractivity contribution in [3.63, 3.8) is 0 Å². The normalized spacial score (nSPS) is 13.1. The zero-order valence-electron chi connectivity index (χ0n) is 28.6. The Kier molecular flexibility index (Phi) is 6.56. The summed E-state index contributed by atoms with van der Waals surface area (Å²) in [5.74, 6) is 0.713. The molecule has 0 fully saturated rings. The van der Waals surface area contributed by atoms with E-state index in [0.717, 1.165) is 28.1 Å². The van der Waals surface area contributed by atoms with Gasteiger partial charge in [-0.05, 0) is 77.8 Å². The first-order valence-corrected chi connectivity index (χ1v) is 17.7. The maximum atomic E-state index is 5.38. The number of hydrogen-bond donors (Lipinski definition) is 0. The Labute approximate surface area is 297 Å². The van der Waals surface area contributed by atoms with Crippen LogP contribution in [-0.4, -0.2) is 9.97 Å². The highest BCUT2D eigenvalue weighted by molar-refractivity contribution is 6.20. The summed E-state index contributed by atoms with van der Waals surface area (Å²) in [6.07, 6.45) is 0. The van der Waals surface area contributed by atoms with Crippen LogP contribution in [0.25, 0.3) is 88.5 Å². The third-order valence-corrected chi connectivity index (χ3v) is 10.9. The number of benzene rings is 8. The lowest BCUT2D eigenvalue weighted by Gasteiger charge is -2.22. The first kappa shape index (κ1) is 29.5. The summed E-state index contributed by atoms with van der Waals surface area (Å²) >= 11 is 0. The van der Waals surface area contributed by atoms with E-state index in [1.165, 1.54) is 65.7 Å². The largest absolute Gasteiger partial charge is 0.228 e. The molecule has 9 aromatic rings. The van der Waals surface area contributed by atoms with Gasteiger partial charge in [-0.1, -0.05) is 172 Å². The van der Waals surface area contributed by atoms with Gasteiger partial charge in [-0.3, -0.25) is 0 Å². The van der Waals surface area contributed by atoms with Gasteiger partial charge in [-0.15, -0.1) is 0 Å². The van der Waals surface area contributed by atoms with E-state index in [9.17, 15) is 0 Å². The van der Waals surface area contributed by atoms with Crippen molar-refractivity contribution in [2.45, 2.75) is 19.3 Å². The molecule has 0 saturated carbocycles. The lowest BCUT2D eigenvalue weighted by molar-refractivity contribution is 0.660. The topological polar surface area (TPSA) is 25.8 Å². The minimum Gasteiger partial charge on any atom is -0.228 e. The first-order valence-electron chi connectivity index (χ1n) is 17.7. The molecule has 1 aliphatic carbocycles. The van der Waals surface area contributed by atoms with Gasteiger partial charge in [-0.2, -0.15) is 0 Å². The zero-order valence-corrected chi connectivity index (χ0v) is 28.6. The highest BCUT2D eigenvalue weighted by Gasteiger charge is 2.36. The molecule has 1 aliphatic rings. The van der Waals surface area contributed by atoms with E-state index in [0.29, 0.717) is 5.82 Å². The maximum Gasteiger partial charge on any atom is 0.160 e. The Hall–Kier alpha value is -6.38. The predicted octanol–water partition coefficient (Wildman–Crippen LogP) is 12.9. The van der Waals surface area contributed by atoms with Crippen LogP contribution >= 0.6 is 0 Å². The summed E-state index contributed by atoms with van der Waals surface area (Å²) in [6.45, 7) is 4.68. The second-order valence-corrected chi connectivity index (χ2v) is 14.1. The van der Waals surface area contributed by atoms with E-state index in [4.69, 9.17) is 9.97 Å². The Bertz CT molecular complexity index is 2830. The van der Waals surface area contributed by atoms with Gasteiger partial charge >= 0.3 is 0 Å². The number of nitrogens with zero attached hydrogens (tertiary/aromatic N) is 2. The Balaban J connectivity index is 1.27. The Morgan fingerprint density at radius 1 is 0.373 bits per heavy atom. The zero-order chi connectivity index (χ0) is 34.1. The molecule has 0 spiro atoms. The van der Waals surface area contributed by atoms with Crippen molar-refractivity contribution in [3.05, 3.63) is 181 Å². The van der Waals surface area contributed by atoms with Crippen LogP contribution < -0.4 is 0 Å². The molecule has 10 rings (SSSR count). The molecular formula is C49H34N2. The number of fused-ring (bicyclic) bond motifs is 7. The third-order valence-electron chi connectivity index (χ3n) is 10.9. The van der Waals surface area contributed by atoms with Gasteiger partial charge in [0, 0.05) is 22.1 Å². The molecule has 0 atom stereocenters. The number of hydrogen-bond acceptors (Lipinski definition) is 2. The fourth-order valence-corrected chi connectivity index (χ4v) is 8.45. The van der Waals surface area contributed by atoms with E-state index in [2.05, 4.69) is 178 Å². The SMILES string of the molecule is CC1(C)c2ccccc2-c2c(-c3ccccc3-c3cc(-c4c5ccccc5cc5c4ccc4ccccc45)nc(-c4ccccc4)n3)cccc21. The average molecular weight is 651 g/mol. The molecule has 8 aromatic carbocycles. The lowest BCUT2D eigenvalue weighted by atomic mass is 9.81. The molecule has 0 bridgehead atoms. The summed E-state index contributed by atoms with van der Waals surface area (Å²) in [5.41, 5.74) is 12.7. The second kappa shape index (κ2) is 11.3. The summed E-state index contributed by atoms with van der Waals surface area (Å²) in [4.78, 5) is 10.7. The molecule has 2 heteroatoms. The van der Waals surface area contributed by atoms with E-state index >= 15 is 0 Å². The Morgan fingerprint density at radius 2 is 1.00 bits per heavy atom. The van der Waals surface area contributed by atoms with Gasteiger partial charge in [-0.25, -0.2) is 9.97 Å². The molecule has 0 unspecified atom stereocenters. The molecule has 1 aromatic heterocycles. The van der Waals surface area contributed by atoms with Crippen molar-refractivity contribution in [1.82, 2.24) is 9.97 Å². The van der Waals surface area contributed by atoms with Gasteiger partial charge in [0.05, 0.1) is 11.4 Å². The molecule has 240 valence electrons. The van der Waals surface area contributed by atoms with E-state index in [1.807, 2.05) is 6.07 Å². The summed E-state index contributed by atoms with van der Waals surface area (Å²) < 4.78 is 0.